The molecule has 1 aliphatic rings. The molecule has 0 atom stereocenters. The van der Waals surface area contributed by atoms with Crippen LogP contribution in [0.1, 0.15) is 23.8 Å². The van der Waals surface area contributed by atoms with Crippen LogP contribution in [0, 0.1) is 0 Å². The van der Waals surface area contributed by atoms with Crippen molar-refractivity contribution in [1.82, 2.24) is 14.4 Å². The van der Waals surface area contributed by atoms with Gasteiger partial charge in [-0.15, -0.1) is 0 Å². The summed E-state index contributed by atoms with van der Waals surface area (Å²) in [4.78, 5) is 16.8. The van der Waals surface area contributed by atoms with Crippen molar-refractivity contribution in [3.8, 4) is 0 Å². The lowest BCUT2D eigenvalue weighted by Gasteiger charge is -2.32. The minimum atomic E-state index is -0.283. The van der Waals surface area contributed by atoms with Crippen LogP contribution in [0.3, 0.4) is 0 Å². The fraction of sp³-hybridized carbons (Fsp3) is 0.667. The van der Waals surface area contributed by atoms with Crippen LogP contribution in [0.5, 0.6) is 0 Å². The van der Waals surface area contributed by atoms with E-state index in [2.05, 4.69) is 23.8 Å². The smallest absolute Gasteiger partial charge is 0.355 e. The second-order valence-electron chi connectivity index (χ2n) is 5.63. The van der Waals surface area contributed by atoms with Crippen LogP contribution in [-0.2, 0) is 11.3 Å². The third-order valence-electron chi connectivity index (χ3n) is 3.83. The van der Waals surface area contributed by atoms with E-state index in [1.54, 1.807) is 12.3 Å². The lowest BCUT2D eigenvalue weighted by atomic mass is 10.3. The highest BCUT2D eigenvalue weighted by atomic mass is 16.5. The molecule has 0 aromatic carbocycles. The Kier molecular flexibility index (Phi) is 5.64. The molecule has 21 heavy (non-hydrogen) atoms. The number of esters is 1. The van der Waals surface area contributed by atoms with Gasteiger partial charge in [0.15, 0.2) is 0 Å². The average molecular weight is 294 g/mol. The van der Waals surface area contributed by atoms with Gasteiger partial charge in [0, 0.05) is 45.5 Å². The Morgan fingerprint density at radius 3 is 2.67 bits per heavy atom. The van der Waals surface area contributed by atoms with Crippen LogP contribution in [-0.4, -0.2) is 66.7 Å². The molecule has 1 aromatic rings. The van der Waals surface area contributed by atoms with Gasteiger partial charge < -0.3 is 19.9 Å². The number of rotatable bonds is 6. The molecular weight excluding hydrogens is 268 g/mol. The summed E-state index contributed by atoms with van der Waals surface area (Å²) in [5.41, 5.74) is 6.92. The molecule has 0 aliphatic carbocycles. The predicted octanol–water partition coefficient (Wildman–Crippen LogP) is 0.885. The number of aromatic nitrogens is 1. The topological polar surface area (TPSA) is 63.7 Å². The van der Waals surface area contributed by atoms with Gasteiger partial charge in [0.25, 0.3) is 0 Å². The molecule has 1 aliphatic heterocycles. The minimum absolute atomic E-state index is 0.283. The third-order valence-corrected chi connectivity index (χ3v) is 3.83. The summed E-state index contributed by atoms with van der Waals surface area (Å²) >= 11 is 0. The van der Waals surface area contributed by atoms with Crippen molar-refractivity contribution < 1.29 is 9.53 Å². The Bertz CT molecular complexity index is 464. The standard InChI is InChI=1S/C15H26N4O2/c1-3-4-19-12-13(16)11-14(19)15(20)21-10-9-18-7-5-17(2)6-8-18/h11-12H,3-10,16H2,1-2H3. The van der Waals surface area contributed by atoms with Crippen molar-refractivity contribution >= 4 is 11.7 Å². The number of nitrogen functional groups attached to an aromatic ring is 1. The molecule has 1 aromatic heterocycles. The second kappa shape index (κ2) is 7.47. The Balaban J connectivity index is 1.79. The fourth-order valence-corrected chi connectivity index (χ4v) is 2.54. The maximum atomic E-state index is 12.1. The SMILES string of the molecule is CCCn1cc(N)cc1C(=O)OCCN1CCN(C)CC1. The number of nitrogens with zero attached hydrogens (tertiary/aromatic N) is 3. The van der Waals surface area contributed by atoms with E-state index >= 15 is 0 Å². The molecule has 6 nitrogen and oxygen atoms in total. The van der Waals surface area contributed by atoms with Crippen LogP contribution in [0.2, 0.25) is 0 Å². The maximum Gasteiger partial charge on any atom is 0.355 e. The van der Waals surface area contributed by atoms with Crippen LogP contribution in [0.15, 0.2) is 12.3 Å². The average Bonchev–Trinajstić information content (AvgIpc) is 2.82. The van der Waals surface area contributed by atoms with Crippen molar-refractivity contribution in [2.45, 2.75) is 19.9 Å². The number of nitrogens with two attached hydrogens (primary N) is 1. The molecule has 0 spiro atoms. The van der Waals surface area contributed by atoms with Gasteiger partial charge in [-0.1, -0.05) is 6.92 Å². The van der Waals surface area contributed by atoms with Crippen LogP contribution in [0.25, 0.3) is 0 Å². The number of hydrogen-bond donors (Lipinski definition) is 1. The molecule has 1 fully saturated rings. The van der Waals surface area contributed by atoms with E-state index in [1.165, 1.54) is 0 Å². The number of ether oxygens (including phenoxy) is 1. The monoisotopic (exact) mass is 294 g/mol. The molecule has 0 amide bonds. The molecule has 0 saturated carbocycles. The number of likely N-dealkylation sites (N-methyl/N-ethyl adjacent to an activating group) is 1. The Morgan fingerprint density at radius 2 is 2.00 bits per heavy atom. The number of piperazine rings is 1. The highest BCUT2D eigenvalue weighted by molar-refractivity contribution is 5.89. The van der Waals surface area contributed by atoms with E-state index in [-0.39, 0.29) is 5.97 Å². The van der Waals surface area contributed by atoms with Gasteiger partial charge in [-0.3, -0.25) is 4.90 Å². The summed E-state index contributed by atoms with van der Waals surface area (Å²) in [5, 5.41) is 0. The van der Waals surface area contributed by atoms with E-state index < -0.39 is 0 Å². The summed E-state index contributed by atoms with van der Waals surface area (Å²) in [7, 11) is 2.13. The van der Waals surface area contributed by atoms with E-state index in [9.17, 15) is 4.79 Å². The van der Waals surface area contributed by atoms with E-state index in [1.807, 2.05) is 4.57 Å². The van der Waals surface area contributed by atoms with Crippen molar-refractivity contribution in [3.05, 3.63) is 18.0 Å². The highest BCUT2D eigenvalue weighted by Crippen LogP contribution is 2.12. The zero-order valence-electron chi connectivity index (χ0n) is 13.0. The number of carbonyl (C=O) groups excluding carboxylic acids is 1. The third kappa shape index (κ3) is 4.47. The summed E-state index contributed by atoms with van der Waals surface area (Å²) in [6.07, 6.45) is 2.75. The fourth-order valence-electron chi connectivity index (χ4n) is 2.54. The lowest BCUT2D eigenvalue weighted by Crippen LogP contribution is -2.45. The van der Waals surface area contributed by atoms with Gasteiger partial charge in [-0.05, 0) is 19.5 Å². The van der Waals surface area contributed by atoms with Gasteiger partial charge >= 0.3 is 5.97 Å². The van der Waals surface area contributed by atoms with E-state index in [4.69, 9.17) is 10.5 Å². The maximum absolute atomic E-state index is 12.1. The molecule has 1 saturated heterocycles. The first-order valence-corrected chi connectivity index (χ1v) is 7.64. The summed E-state index contributed by atoms with van der Waals surface area (Å²) in [5.74, 6) is -0.283. The van der Waals surface area contributed by atoms with Crippen LogP contribution in [0.4, 0.5) is 5.69 Å². The summed E-state index contributed by atoms with van der Waals surface area (Å²) < 4.78 is 7.26. The Hall–Kier alpha value is -1.53. The first-order valence-electron chi connectivity index (χ1n) is 7.64. The molecule has 0 bridgehead atoms. The molecule has 2 heterocycles. The molecule has 2 rings (SSSR count). The molecule has 2 N–H and O–H groups in total. The largest absolute Gasteiger partial charge is 0.460 e. The van der Waals surface area contributed by atoms with Crippen LogP contribution >= 0.6 is 0 Å². The Labute approximate surface area is 126 Å². The minimum Gasteiger partial charge on any atom is -0.460 e. The summed E-state index contributed by atoms with van der Waals surface area (Å²) in [6, 6.07) is 1.69. The van der Waals surface area contributed by atoms with Gasteiger partial charge in [-0.25, -0.2) is 4.79 Å². The number of anilines is 1. The van der Waals surface area contributed by atoms with Gasteiger partial charge in [0.1, 0.15) is 12.3 Å². The predicted molar refractivity (Wildman–Crippen MR) is 83.4 cm³/mol. The first kappa shape index (κ1) is 15.9. The van der Waals surface area contributed by atoms with E-state index in [0.29, 0.717) is 18.0 Å². The zero-order valence-corrected chi connectivity index (χ0v) is 13.0. The molecule has 6 heteroatoms. The van der Waals surface area contributed by atoms with Gasteiger partial charge in [0.05, 0.1) is 5.69 Å². The van der Waals surface area contributed by atoms with Gasteiger partial charge in [-0.2, -0.15) is 0 Å². The van der Waals surface area contributed by atoms with Crippen molar-refractivity contribution in [1.29, 1.82) is 0 Å². The first-order chi connectivity index (χ1) is 10.1. The van der Waals surface area contributed by atoms with Crippen molar-refractivity contribution in [2.75, 3.05) is 52.1 Å². The zero-order chi connectivity index (χ0) is 15.2. The quantitative estimate of drug-likeness (QED) is 0.789. The van der Waals surface area contributed by atoms with Crippen molar-refractivity contribution in [3.63, 3.8) is 0 Å². The van der Waals surface area contributed by atoms with Crippen LogP contribution < -0.4 is 5.73 Å². The number of hydrogen-bond acceptors (Lipinski definition) is 5. The second-order valence-corrected chi connectivity index (χ2v) is 5.63. The Morgan fingerprint density at radius 1 is 1.29 bits per heavy atom. The summed E-state index contributed by atoms with van der Waals surface area (Å²) in [6.45, 7) is 8.29. The molecular formula is C15H26N4O2. The van der Waals surface area contributed by atoms with E-state index in [0.717, 1.165) is 45.7 Å². The normalized spacial score (nSPS) is 17.0. The number of aryl methyl sites for hydroxylation is 1. The molecule has 118 valence electrons. The lowest BCUT2D eigenvalue weighted by molar-refractivity contribution is 0.0420. The molecule has 0 unspecified atom stereocenters. The number of carbonyl (C=O) groups is 1. The van der Waals surface area contributed by atoms with Crippen molar-refractivity contribution in [2.24, 2.45) is 0 Å². The van der Waals surface area contributed by atoms with Gasteiger partial charge in [0.2, 0.25) is 0 Å². The molecule has 0 radical (unpaired) electrons. The highest BCUT2D eigenvalue weighted by Gasteiger charge is 2.16.